The van der Waals surface area contributed by atoms with Gasteiger partial charge in [-0.25, -0.2) is 9.37 Å². The van der Waals surface area contributed by atoms with Gasteiger partial charge in [0.15, 0.2) is 0 Å². The highest BCUT2D eigenvalue weighted by molar-refractivity contribution is 9.10. The molecule has 0 bridgehead atoms. The lowest BCUT2D eigenvalue weighted by Gasteiger charge is -1.97. The molecule has 0 fully saturated rings. The maximum Gasteiger partial charge on any atom is 0.215 e. The van der Waals surface area contributed by atoms with Crippen molar-refractivity contribution in [3.8, 4) is 5.88 Å². The fraction of sp³-hybridized carbons (Fsp3) is 0.167. The van der Waals surface area contributed by atoms with Gasteiger partial charge >= 0.3 is 0 Å². The van der Waals surface area contributed by atoms with Gasteiger partial charge in [0.25, 0.3) is 0 Å². The Balaban J connectivity index is 3.04. The average Bonchev–Trinajstić information content (AvgIpc) is 1.95. The van der Waals surface area contributed by atoms with Gasteiger partial charge in [-0.3, -0.25) is 0 Å². The molecule has 4 heteroatoms. The predicted octanol–water partition coefficient (Wildman–Crippen LogP) is 1.99. The van der Waals surface area contributed by atoms with Gasteiger partial charge in [0, 0.05) is 12.3 Å². The number of nitrogens with zero attached hydrogens (tertiary/aromatic N) is 1. The van der Waals surface area contributed by atoms with Gasteiger partial charge in [0.05, 0.1) is 11.6 Å². The summed E-state index contributed by atoms with van der Waals surface area (Å²) in [4.78, 5) is 3.75. The summed E-state index contributed by atoms with van der Waals surface area (Å²) < 4.78 is 17.6. The Morgan fingerprint density at radius 1 is 1.70 bits per heavy atom. The summed E-state index contributed by atoms with van der Waals surface area (Å²) in [5.41, 5.74) is 0. The average molecular weight is 206 g/mol. The summed E-state index contributed by atoms with van der Waals surface area (Å²) in [5.74, 6) is -0.0902. The number of halogens is 2. The molecule has 10 heavy (non-hydrogen) atoms. The van der Waals surface area contributed by atoms with E-state index in [4.69, 9.17) is 0 Å². The first-order valence-corrected chi connectivity index (χ1v) is 3.38. The molecule has 0 spiro atoms. The third kappa shape index (κ3) is 1.44. The van der Waals surface area contributed by atoms with E-state index in [1.807, 2.05) is 0 Å². The van der Waals surface area contributed by atoms with Crippen molar-refractivity contribution in [3.63, 3.8) is 0 Å². The zero-order valence-corrected chi connectivity index (χ0v) is 6.85. The minimum absolute atomic E-state index is 0.278. The number of rotatable bonds is 1. The van der Waals surface area contributed by atoms with E-state index >= 15 is 0 Å². The van der Waals surface area contributed by atoms with Crippen LogP contribution in [0.1, 0.15) is 0 Å². The first kappa shape index (κ1) is 7.47. The molecule has 0 radical (unpaired) electrons. The largest absolute Gasteiger partial charge is 0.481 e. The minimum Gasteiger partial charge on any atom is -0.481 e. The van der Waals surface area contributed by atoms with Crippen LogP contribution in [0.3, 0.4) is 0 Å². The number of methoxy groups -OCH3 is 1. The van der Waals surface area contributed by atoms with Crippen molar-refractivity contribution in [1.29, 1.82) is 0 Å². The summed E-state index contributed by atoms with van der Waals surface area (Å²) in [7, 11) is 1.44. The van der Waals surface area contributed by atoms with Gasteiger partial charge in [-0.2, -0.15) is 0 Å². The molecule has 0 saturated heterocycles. The SMILES string of the molecule is COc1cc(F)c(Br)cn1. The van der Waals surface area contributed by atoms with E-state index in [1.165, 1.54) is 19.4 Å². The third-order valence-corrected chi connectivity index (χ3v) is 1.58. The predicted molar refractivity (Wildman–Crippen MR) is 38.4 cm³/mol. The van der Waals surface area contributed by atoms with Crippen LogP contribution in [0.4, 0.5) is 4.39 Å². The number of hydrogen-bond acceptors (Lipinski definition) is 2. The third-order valence-electron chi connectivity index (χ3n) is 0.993. The summed E-state index contributed by atoms with van der Waals surface area (Å²) in [6.07, 6.45) is 1.36. The quantitative estimate of drug-likeness (QED) is 0.700. The van der Waals surface area contributed by atoms with E-state index in [2.05, 4.69) is 25.7 Å². The van der Waals surface area contributed by atoms with Gasteiger partial charge < -0.3 is 4.74 Å². The van der Waals surface area contributed by atoms with Gasteiger partial charge in [0.1, 0.15) is 5.82 Å². The number of aromatic nitrogens is 1. The van der Waals surface area contributed by atoms with E-state index in [-0.39, 0.29) is 11.7 Å². The van der Waals surface area contributed by atoms with Crippen LogP contribution in [0.5, 0.6) is 5.88 Å². The van der Waals surface area contributed by atoms with Gasteiger partial charge in [-0.05, 0) is 15.9 Å². The molecule has 1 aromatic rings. The molecule has 0 aliphatic carbocycles. The van der Waals surface area contributed by atoms with Crippen molar-refractivity contribution in [1.82, 2.24) is 4.98 Å². The van der Waals surface area contributed by atoms with Crippen LogP contribution >= 0.6 is 15.9 Å². The van der Waals surface area contributed by atoms with E-state index in [0.717, 1.165) is 0 Å². The molecule has 54 valence electrons. The highest BCUT2D eigenvalue weighted by Crippen LogP contribution is 2.16. The van der Waals surface area contributed by atoms with Crippen LogP contribution in [0.25, 0.3) is 0 Å². The molecule has 0 unspecified atom stereocenters. The van der Waals surface area contributed by atoms with Crippen LogP contribution in [0, 0.1) is 5.82 Å². The molecule has 1 heterocycles. The molecule has 1 aromatic heterocycles. The summed E-state index contributed by atoms with van der Waals surface area (Å²) >= 11 is 2.97. The Morgan fingerprint density at radius 3 is 2.90 bits per heavy atom. The molecular weight excluding hydrogens is 201 g/mol. The molecular formula is C6H5BrFNO. The van der Waals surface area contributed by atoms with Crippen LogP contribution in [-0.2, 0) is 0 Å². The van der Waals surface area contributed by atoms with Gasteiger partial charge in [-0.1, -0.05) is 0 Å². The fourth-order valence-corrected chi connectivity index (χ4v) is 0.725. The molecule has 0 aliphatic rings. The normalized spacial score (nSPS) is 9.50. The van der Waals surface area contributed by atoms with Gasteiger partial charge in [0.2, 0.25) is 5.88 Å². The lowest BCUT2D eigenvalue weighted by atomic mass is 10.5. The van der Waals surface area contributed by atoms with Crippen LogP contribution in [0.2, 0.25) is 0 Å². The standard InChI is InChI=1S/C6H5BrFNO/c1-10-6-2-5(8)4(7)3-9-6/h2-3H,1H3. The molecule has 0 aliphatic heterocycles. The highest BCUT2D eigenvalue weighted by atomic mass is 79.9. The lowest BCUT2D eigenvalue weighted by molar-refractivity contribution is 0.393. The highest BCUT2D eigenvalue weighted by Gasteiger charge is 2.00. The van der Waals surface area contributed by atoms with Crippen molar-refractivity contribution in [2.75, 3.05) is 7.11 Å². The number of ether oxygens (including phenoxy) is 1. The van der Waals surface area contributed by atoms with Crippen LogP contribution in [0.15, 0.2) is 16.7 Å². The Bertz CT molecular complexity index is 241. The Labute approximate surface area is 66.2 Å². The second-order valence-electron chi connectivity index (χ2n) is 1.64. The molecule has 0 amide bonds. The second-order valence-corrected chi connectivity index (χ2v) is 2.50. The molecule has 0 aromatic carbocycles. The molecule has 0 N–H and O–H groups in total. The monoisotopic (exact) mass is 205 g/mol. The van der Waals surface area contributed by atoms with E-state index in [1.54, 1.807) is 0 Å². The van der Waals surface area contributed by atoms with E-state index in [0.29, 0.717) is 4.47 Å². The molecule has 0 saturated carbocycles. The maximum atomic E-state index is 12.6. The van der Waals surface area contributed by atoms with Crippen LogP contribution < -0.4 is 4.74 Å². The number of hydrogen-bond donors (Lipinski definition) is 0. The molecule has 1 rings (SSSR count). The maximum absolute atomic E-state index is 12.6. The van der Waals surface area contributed by atoms with Crippen molar-refractivity contribution in [2.45, 2.75) is 0 Å². The lowest BCUT2D eigenvalue weighted by Crippen LogP contribution is -1.88. The summed E-state index contributed by atoms with van der Waals surface area (Å²) in [6.45, 7) is 0. The first-order valence-electron chi connectivity index (χ1n) is 2.59. The van der Waals surface area contributed by atoms with Crippen molar-refractivity contribution in [3.05, 3.63) is 22.6 Å². The van der Waals surface area contributed by atoms with Crippen molar-refractivity contribution in [2.24, 2.45) is 0 Å². The molecule has 2 nitrogen and oxygen atoms in total. The summed E-state index contributed by atoms with van der Waals surface area (Å²) in [5, 5.41) is 0. The van der Waals surface area contributed by atoms with Gasteiger partial charge in [-0.15, -0.1) is 0 Å². The Kier molecular flexibility index (Phi) is 2.21. The van der Waals surface area contributed by atoms with Crippen molar-refractivity contribution < 1.29 is 9.13 Å². The Hall–Kier alpha value is -0.640. The van der Waals surface area contributed by atoms with E-state index < -0.39 is 0 Å². The van der Waals surface area contributed by atoms with E-state index in [9.17, 15) is 4.39 Å². The fourth-order valence-electron chi connectivity index (χ4n) is 0.508. The number of pyridine rings is 1. The van der Waals surface area contributed by atoms with Crippen molar-refractivity contribution >= 4 is 15.9 Å². The molecule has 0 atom stereocenters. The smallest absolute Gasteiger partial charge is 0.215 e. The second kappa shape index (κ2) is 2.96. The topological polar surface area (TPSA) is 22.1 Å². The Morgan fingerprint density at radius 2 is 2.40 bits per heavy atom. The zero-order valence-electron chi connectivity index (χ0n) is 5.27. The first-order chi connectivity index (χ1) is 4.74. The zero-order chi connectivity index (χ0) is 7.56. The summed E-state index contributed by atoms with van der Waals surface area (Å²) in [6, 6.07) is 1.21. The van der Waals surface area contributed by atoms with Crippen LogP contribution in [-0.4, -0.2) is 12.1 Å². The minimum atomic E-state index is -0.369.